The van der Waals surface area contributed by atoms with E-state index in [9.17, 15) is 13.2 Å². The lowest BCUT2D eigenvalue weighted by Crippen LogP contribution is -2.23. The summed E-state index contributed by atoms with van der Waals surface area (Å²) in [6, 6.07) is 6.63. The molecule has 6 heteroatoms. The third-order valence-electron chi connectivity index (χ3n) is 3.79. The minimum atomic E-state index is -4.26. The molecule has 0 fully saturated rings. The Hall–Kier alpha value is -0.853. The van der Waals surface area contributed by atoms with Gasteiger partial charge in [-0.25, -0.2) is 0 Å². The van der Waals surface area contributed by atoms with Gasteiger partial charge in [-0.2, -0.15) is 13.2 Å². The lowest BCUT2D eigenvalue weighted by Gasteiger charge is -2.14. The van der Waals surface area contributed by atoms with Crippen LogP contribution >= 0.6 is 0 Å². The van der Waals surface area contributed by atoms with Crippen LogP contribution in [0.5, 0.6) is 0 Å². The van der Waals surface area contributed by atoms with Crippen LogP contribution in [0.4, 0.5) is 13.2 Å². The fourth-order valence-electron chi connectivity index (χ4n) is 2.47. The van der Waals surface area contributed by atoms with Crippen molar-refractivity contribution in [3.05, 3.63) is 35.4 Å². The molecule has 0 aromatic heterocycles. The molecule has 0 amide bonds. The normalized spacial score (nSPS) is 12.1. The smallest absolute Gasteiger partial charge is 0.393 e. The van der Waals surface area contributed by atoms with Crippen LogP contribution in [0.1, 0.15) is 63.5 Å². The van der Waals surface area contributed by atoms with Crippen LogP contribution in [0.2, 0.25) is 6.04 Å². The molecule has 0 aliphatic heterocycles. The number of rotatable bonds is 13. The predicted molar refractivity (Wildman–Crippen MR) is 96.7 cm³/mol. The van der Waals surface area contributed by atoms with Crippen LogP contribution in [0, 0.1) is 0 Å². The van der Waals surface area contributed by atoms with Gasteiger partial charge < -0.3 is 8.85 Å². The van der Waals surface area contributed by atoms with E-state index >= 15 is 0 Å². The largest absolute Gasteiger partial charge is 0.416 e. The zero-order chi connectivity index (χ0) is 18.5. The summed E-state index contributed by atoms with van der Waals surface area (Å²) in [5.74, 6) is 0. The van der Waals surface area contributed by atoms with Crippen molar-refractivity contribution in [2.24, 2.45) is 0 Å². The fourth-order valence-corrected chi connectivity index (χ4v) is 4.25. The van der Waals surface area contributed by atoms with E-state index in [1.165, 1.54) is 12.1 Å². The molecule has 0 bridgehead atoms. The topological polar surface area (TPSA) is 18.5 Å². The Labute approximate surface area is 151 Å². The van der Waals surface area contributed by atoms with Crippen LogP contribution in [-0.4, -0.2) is 22.5 Å². The predicted octanol–water partition coefficient (Wildman–Crippen LogP) is 6.15. The van der Waals surface area contributed by atoms with Crippen molar-refractivity contribution < 1.29 is 22.0 Å². The average Bonchev–Trinajstić information content (AvgIpc) is 2.59. The number of alkyl halides is 3. The molecule has 0 saturated carbocycles. The molecule has 0 unspecified atom stereocenters. The van der Waals surface area contributed by atoms with E-state index in [0.717, 1.165) is 69.4 Å². The third-order valence-corrected chi connectivity index (χ3v) is 5.60. The molecule has 25 heavy (non-hydrogen) atoms. The van der Waals surface area contributed by atoms with Gasteiger partial charge in [-0.1, -0.05) is 51.3 Å². The Morgan fingerprint density at radius 3 is 2.16 bits per heavy atom. The Morgan fingerprint density at radius 1 is 0.920 bits per heavy atom. The number of hydrogen-bond acceptors (Lipinski definition) is 2. The summed E-state index contributed by atoms with van der Waals surface area (Å²) in [4.78, 5) is 0. The Bertz CT molecular complexity index is 458. The van der Waals surface area contributed by atoms with Gasteiger partial charge in [0.1, 0.15) is 0 Å². The summed E-state index contributed by atoms with van der Waals surface area (Å²) in [6.07, 6.45) is 2.50. The molecule has 0 N–H and O–H groups in total. The number of halogens is 3. The molecule has 0 aliphatic rings. The van der Waals surface area contributed by atoms with Gasteiger partial charge in [0.25, 0.3) is 0 Å². The van der Waals surface area contributed by atoms with Crippen molar-refractivity contribution in [2.45, 2.75) is 71.0 Å². The molecular formula is C19H30F3O2Si. The number of unbranched alkanes of at least 4 members (excludes halogenated alkanes) is 3. The lowest BCUT2D eigenvalue weighted by atomic mass is 10.0. The standard InChI is InChI=1S/C19H30F3O2Si/c1-3-13-23-25(24-14-4-2)15-8-6-5-7-10-17-11-9-12-18(16-17)19(20,21)22/h9,11-12,16H,3-8,10,13-15H2,1-2H3. The number of benzene rings is 1. The Kier molecular flexibility index (Phi) is 11.1. The van der Waals surface area contributed by atoms with Crippen LogP contribution < -0.4 is 0 Å². The van der Waals surface area contributed by atoms with Crippen LogP contribution in [-0.2, 0) is 21.4 Å². The molecular weight excluding hydrogens is 345 g/mol. The third kappa shape index (κ3) is 10.0. The molecule has 0 aliphatic carbocycles. The summed E-state index contributed by atoms with van der Waals surface area (Å²) in [5.41, 5.74) is 0.204. The van der Waals surface area contributed by atoms with Gasteiger partial charge in [0, 0.05) is 13.2 Å². The van der Waals surface area contributed by atoms with Crippen molar-refractivity contribution in [3.63, 3.8) is 0 Å². The molecule has 0 saturated heterocycles. The molecule has 1 aromatic carbocycles. The summed E-state index contributed by atoms with van der Waals surface area (Å²) in [5, 5.41) is 0. The quantitative estimate of drug-likeness (QED) is 0.304. The van der Waals surface area contributed by atoms with Crippen molar-refractivity contribution in [3.8, 4) is 0 Å². The molecule has 1 rings (SSSR count). The second-order valence-corrected chi connectivity index (χ2v) is 8.00. The van der Waals surface area contributed by atoms with Crippen molar-refractivity contribution >= 4 is 9.28 Å². The first-order valence-corrected chi connectivity index (χ1v) is 10.8. The lowest BCUT2D eigenvalue weighted by molar-refractivity contribution is -0.137. The molecule has 0 heterocycles. The van der Waals surface area contributed by atoms with Crippen molar-refractivity contribution in [1.29, 1.82) is 0 Å². The highest BCUT2D eigenvalue weighted by Gasteiger charge is 2.30. The van der Waals surface area contributed by atoms with Gasteiger partial charge in [-0.15, -0.1) is 0 Å². The molecule has 1 aromatic rings. The minimum Gasteiger partial charge on any atom is -0.393 e. The molecule has 0 atom stereocenters. The summed E-state index contributed by atoms with van der Waals surface area (Å²) in [7, 11) is -1.16. The molecule has 1 radical (unpaired) electrons. The average molecular weight is 376 g/mol. The Balaban J connectivity index is 2.22. The van der Waals surface area contributed by atoms with E-state index in [-0.39, 0.29) is 0 Å². The van der Waals surface area contributed by atoms with Crippen LogP contribution in [0.3, 0.4) is 0 Å². The van der Waals surface area contributed by atoms with Crippen molar-refractivity contribution in [2.75, 3.05) is 13.2 Å². The van der Waals surface area contributed by atoms with E-state index in [1.807, 2.05) is 0 Å². The number of hydrogen-bond donors (Lipinski definition) is 0. The zero-order valence-corrected chi connectivity index (χ0v) is 16.3. The maximum Gasteiger partial charge on any atom is 0.416 e. The van der Waals surface area contributed by atoms with Gasteiger partial charge >= 0.3 is 15.5 Å². The first-order valence-electron chi connectivity index (χ1n) is 9.25. The maximum atomic E-state index is 12.7. The zero-order valence-electron chi connectivity index (χ0n) is 15.3. The first-order chi connectivity index (χ1) is 12.0. The van der Waals surface area contributed by atoms with Gasteiger partial charge in [-0.3, -0.25) is 0 Å². The maximum absolute atomic E-state index is 12.7. The van der Waals surface area contributed by atoms with Crippen LogP contribution in [0.15, 0.2) is 24.3 Å². The summed E-state index contributed by atoms with van der Waals surface area (Å²) in [6.45, 7) is 5.70. The van der Waals surface area contributed by atoms with E-state index < -0.39 is 21.0 Å². The highest BCUT2D eigenvalue weighted by Crippen LogP contribution is 2.29. The number of aryl methyl sites for hydroxylation is 1. The second kappa shape index (κ2) is 12.5. The summed E-state index contributed by atoms with van der Waals surface area (Å²) >= 11 is 0. The van der Waals surface area contributed by atoms with Gasteiger partial charge in [0.15, 0.2) is 0 Å². The SMILES string of the molecule is CCCO[Si](CCCCCCc1cccc(C(F)(F)F)c1)OCCC. The minimum absolute atomic E-state index is 0.557. The summed E-state index contributed by atoms with van der Waals surface area (Å²) < 4.78 is 49.6. The first kappa shape index (κ1) is 22.2. The molecule has 2 nitrogen and oxygen atoms in total. The Morgan fingerprint density at radius 2 is 1.56 bits per heavy atom. The van der Waals surface area contributed by atoms with E-state index in [4.69, 9.17) is 8.85 Å². The molecule has 143 valence electrons. The molecule has 0 spiro atoms. The highest BCUT2D eigenvalue weighted by atomic mass is 28.3. The van der Waals surface area contributed by atoms with E-state index in [0.29, 0.717) is 6.42 Å². The van der Waals surface area contributed by atoms with Crippen LogP contribution in [0.25, 0.3) is 0 Å². The van der Waals surface area contributed by atoms with E-state index in [2.05, 4.69) is 13.8 Å². The van der Waals surface area contributed by atoms with Crippen molar-refractivity contribution in [1.82, 2.24) is 0 Å². The monoisotopic (exact) mass is 375 g/mol. The van der Waals surface area contributed by atoms with E-state index in [1.54, 1.807) is 6.07 Å². The highest BCUT2D eigenvalue weighted by molar-refractivity contribution is 6.44. The van der Waals surface area contributed by atoms with Gasteiger partial charge in [0.2, 0.25) is 0 Å². The van der Waals surface area contributed by atoms with Gasteiger partial charge in [-0.05, 0) is 43.4 Å². The second-order valence-electron chi connectivity index (χ2n) is 6.18. The van der Waals surface area contributed by atoms with Gasteiger partial charge in [0.05, 0.1) is 5.56 Å². The fraction of sp³-hybridized carbons (Fsp3) is 0.684.